The van der Waals surface area contributed by atoms with Crippen LogP contribution in [0.5, 0.6) is 5.75 Å². The first-order valence-electron chi connectivity index (χ1n) is 4.51. The highest BCUT2D eigenvalue weighted by molar-refractivity contribution is 5.97. The molecule has 4 heteroatoms. The van der Waals surface area contributed by atoms with E-state index in [0.717, 1.165) is 10.8 Å². The van der Waals surface area contributed by atoms with E-state index in [2.05, 4.69) is 0 Å². The van der Waals surface area contributed by atoms with Gasteiger partial charge in [-0.2, -0.15) is 0 Å². The molecule has 0 heterocycles. The summed E-state index contributed by atoms with van der Waals surface area (Å²) in [6, 6.07) is 11.1. The van der Waals surface area contributed by atoms with Crippen molar-refractivity contribution >= 4 is 16.5 Å². The smallest absolute Gasteiger partial charge is 0.143 e. The zero-order valence-electron chi connectivity index (χ0n) is 8.31. The molecule has 0 atom stereocenters. The van der Waals surface area contributed by atoms with Crippen LogP contribution in [0.3, 0.4) is 0 Å². The molecule has 0 bridgehead atoms. The van der Waals surface area contributed by atoms with Crippen molar-refractivity contribution in [1.29, 1.82) is 0 Å². The van der Waals surface area contributed by atoms with E-state index in [0.29, 0.717) is 16.6 Å². The summed E-state index contributed by atoms with van der Waals surface area (Å²) in [7, 11) is 1.51. The second-order valence-corrected chi connectivity index (χ2v) is 3.16. The molecule has 0 unspecified atom stereocenters. The summed E-state index contributed by atoms with van der Waals surface area (Å²) in [4.78, 5) is 0. The number of ether oxygens (including phenoxy) is 1. The predicted molar refractivity (Wildman–Crippen MR) is 60.5 cm³/mol. The molecule has 2 rings (SSSR count). The van der Waals surface area contributed by atoms with Gasteiger partial charge in [-0.1, -0.05) is 30.3 Å². The van der Waals surface area contributed by atoms with E-state index < -0.39 is 0 Å². The van der Waals surface area contributed by atoms with E-state index in [1.165, 1.54) is 7.11 Å². The van der Waals surface area contributed by atoms with Crippen LogP contribution in [0, 0.1) is 5.21 Å². The Morgan fingerprint density at radius 1 is 1.20 bits per heavy atom. The zero-order chi connectivity index (χ0) is 10.8. The van der Waals surface area contributed by atoms with Crippen LogP contribution >= 0.6 is 0 Å². The van der Waals surface area contributed by atoms with E-state index in [1.54, 1.807) is 6.07 Å². The fourth-order valence-electron chi connectivity index (χ4n) is 1.63. The third-order valence-corrected chi connectivity index (χ3v) is 2.30. The molecule has 0 amide bonds. The van der Waals surface area contributed by atoms with E-state index in [4.69, 9.17) is 10.6 Å². The fraction of sp³-hybridized carbons (Fsp3) is 0.0909. The van der Waals surface area contributed by atoms with Gasteiger partial charge in [0.25, 0.3) is 0 Å². The third kappa shape index (κ3) is 1.60. The number of hydrazine groups is 1. The largest absolute Gasteiger partial charge is 0.743 e. The number of benzene rings is 2. The first-order valence-corrected chi connectivity index (χ1v) is 4.51. The van der Waals surface area contributed by atoms with Crippen molar-refractivity contribution in [2.75, 3.05) is 12.3 Å². The quantitative estimate of drug-likeness (QED) is 0.599. The maximum atomic E-state index is 11.3. The summed E-state index contributed by atoms with van der Waals surface area (Å²) in [5, 5.41) is 13.3. The van der Waals surface area contributed by atoms with Gasteiger partial charge in [0, 0.05) is 5.39 Å². The average Bonchev–Trinajstić information content (AvgIpc) is 2.27. The van der Waals surface area contributed by atoms with E-state index in [-0.39, 0.29) is 0 Å². The summed E-state index contributed by atoms with van der Waals surface area (Å²) in [6.45, 7) is 0. The average molecular weight is 203 g/mol. The lowest BCUT2D eigenvalue weighted by molar-refractivity contribution is 0.416. The highest BCUT2D eigenvalue weighted by Crippen LogP contribution is 2.34. The van der Waals surface area contributed by atoms with Gasteiger partial charge in [0.15, 0.2) is 0 Å². The number of hydrogen-bond donors (Lipinski definition) is 1. The molecule has 2 aromatic carbocycles. The molecule has 0 fully saturated rings. The number of hydrogen-bond acceptors (Lipinski definition) is 4. The molecular weight excluding hydrogens is 192 g/mol. The molecule has 0 aliphatic heterocycles. The van der Waals surface area contributed by atoms with Crippen LogP contribution in [0.2, 0.25) is 0 Å². The number of nitrogens with two attached hydrogens (primary N) is 1. The molecule has 0 radical (unpaired) electrons. The second kappa shape index (κ2) is 3.76. The topological polar surface area (TPSA) is 61.5 Å². The Morgan fingerprint density at radius 3 is 2.60 bits per heavy atom. The van der Waals surface area contributed by atoms with Crippen molar-refractivity contribution in [1.82, 2.24) is 0 Å². The van der Waals surface area contributed by atoms with Crippen LogP contribution < -0.4 is 15.8 Å². The molecule has 78 valence electrons. The highest BCUT2D eigenvalue weighted by Gasteiger charge is 2.07. The fourth-order valence-corrected chi connectivity index (χ4v) is 1.63. The van der Waals surface area contributed by atoms with Gasteiger partial charge in [-0.15, -0.1) is 0 Å². The van der Waals surface area contributed by atoms with Crippen LogP contribution in [0.25, 0.3) is 10.8 Å². The van der Waals surface area contributed by atoms with Crippen LogP contribution in [-0.4, -0.2) is 7.11 Å². The Bertz CT molecular complexity index is 483. The van der Waals surface area contributed by atoms with Gasteiger partial charge >= 0.3 is 0 Å². The molecule has 0 saturated heterocycles. The number of rotatable bonds is 2. The SMILES string of the molecule is COc1ccc2ccccc2c1N(N)[O-]. The van der Waals surface area contributed by atoms with Gasteiger partial charge in [-0.25, -0.2) is 0 Å². The van der Waals surface area contributed by atoms with E-state index in [9.17, 15) is 5.21 Å². The molecule has 2 N–H and O–H groups in total. The molecular formula is C11H11N2O2-. The van der Waals surface area contributed by atoms with Gasteiger partial charge in [-0.3, -0.25) is 5.84 Å². The molecule has 0 aliphatic rings. The molecule has 0 aliphatic carbocycles. The second-order valence-electron chi connectivity index (χ2n) is 3.16. The maximum Gasteiger partial charge on any atom is 0.143 e. The Morgan fingerprint density at radius 2 is 1.93 bits per heavy atom. The minimum Gasteiger partial charge on any atom is -0.743 e. The molecule has 4 nitrogen and oxygen atoms in total. The summed E-state index contributed by atoms with van der Waals surface area (Å²) >= 11 is 0. The number of anilines is 1. The lowest BCUT2D eigenvalue weighted by Gasteiger charge is -2.27. The highest BCUT2D eigenvalue weighted by atomic mass is 16.5. The van der Waals surface area contributed by atoms with Gasteiger partial charge in [-0.05, 0) is 11.5 Å². The molecule has 0 aromatic heterocycles. The zero-order valence-corrected chi connectivity index (χ0v) is 8.31. The van der Waals surface area contributed by atoms with E-state index >= 15 is 0 Å². The minimum absolute atomic E-state index is 0.334. The van der Waals surface area contributed by atoms with Gasteiger partial charge in [0.05, 0.1) is 12.8 Å². The van der Waals surface area contributed by atoms with Crippen molar-refractivity contribution in [3.05, 3.63) is 41.6 Å². The Balaban J connectivity index is 2.79. The number of methoxy groups -OCH3 is 1. The van der Waals surface area contributed by atoms with Crippen molar-refractivity contribution in [3.8, 4) is 5.75 Å². The normalized spacial score (nSPS) is 10.3. The number of fused-ring (bicyclic) bond motifs is 1. The molecule has 2 aromatic rings. The van der Waals surface area contributed by atoms with Gasteiger partial charge in [0.1, 0.15) is 5.75 Å². The lowest BCUT2D eigenvalue weighted by atomic mass is 10.1. The Labute approximate surface area is 87.4 Å². The summed E-state index contributed by atoms with van der Waals surface area (Å²) in [5.74, 6) is 5.73. The lowest BCUT2D eigenvalue weighted by Crippen LogP contribution is -2.23. The van der Waals surface area contributed by atoms with Crippen LogP contribution in [0.4, 0.5) is 5.69 Å². The van der Waals surface area contributed by atoms with Crippen molar-refractivity contribution in [2.24, 2.45) is 5.84 Å². The summed E-state index contributed by atoms with van der Waals surface area (Å²) in [6.07, 6.45) is 0. The minimum atomic E-state index is 0.334. The third-order valence-electron chi connectivity index (χ3n) is 2.30. The van der Waals surface area contributed by atoms with Crippen molar-refractivity contribution in [3.63, 3.8) is 0 Å². The molecule has 0 saturated carbocycles. The monoisotopic (exact) mass is 203 g/mol. The Kier molecular flexibility index (Phi) is 2.45. The van der Waals surface area contributed by atoms with Gasteiger partial charge < -0.3 is 15.1 Å². The standard InChI is InChI=1S/C11H11N2O2/c1-15-10-7-6-8-4-2-3-5-9(8)11(10)13(12)14/h2-7H,12H2,1H3/q-1. The predicted octanol–water partition coefficient (Wildman–Crippen LogP) is 2.03. The van der Waals surface area contributed by atoms with Crippen molar-refractivity contribution < 1.29 is 4.74 Å². The first kappa shape index (κ1) is 9.76. The molecule has 15 heavy (non-hydrogen) atoms. The summed E-state index contributed by atoms with van der Waals surface area (Å²) in [5.41, 5.74) is 0.357. The Hall–Kier alpha value is -1.78. The van der Waals surface area contributed by atoms with Gasteiger partial charge in [0.2, 0.25) is 0 Å². The van der Waals surface area contributed by atoms with Crippen LogP contribution in [-0.2, 0) is 0 Å². The first-order chi connectivity index (χ1) is 7.24. The van der Waals surface area contributed by atoms with Crippen LogP contribution in [0.1, 0.15) is 0 Å². The number of nitrogens with zero attached hydrogens (tertiary/aromatic N) is 1. The molecule has 0 spiro atoms. The summed E-state index contributed by atoms with van der Waals surface area (Å²) < 4.78 is 5.09. The maximum absolute atomic E-state index is 11.3. The van der Waals surface area contributed by atoms with E-state index in [1.807, 2.05) is 30.3 Å². The van der Waals surface area contributed by atoms with Crippen molar-refractivity contribution in [2.45, 2.75) is 0 Å². The van der Waals surface area contributed by atoms with Crippen LogP contribution in [0.15, 0.2) is 36.4 Å².